The van der Waals surface area contributed by atoms with Crippen LogP contribution >= 0.6 is 0 Å². The van der Waals surface area contributed by atoms with Crippen LogP contribution < -0.4 is 4.90 Å². The second-order valence-electron chi connectivity index (χ2n) is 5.23. The third-order valence-corrected chi connectivity index (χ3v) is 3.94. The van der Waals surface area contributed by atoms with Gasteiger partial charge in [-0.25, -0.2) is 4.68 Å². The summed E-state index contributed by atoms with van der Waals surface area (Å²) in [6.45, 7) is 7.18. The highest BCUT2D eigenvalue weighted by Gasteiger charge is 2.14. The van der Waals surface area contributed by atoms with E-state index in [-0.39, 0.29) is 0 Å². The average Bonchev–Trinajstić information content (AvgIpc) is 2.82. The molecule has 5 nitrogen and oxygen atoms in total. The van der Waals surface area contributed by atoms with Crippen molar-refractivity contribution >= 4 is 12.0 Å². The summed E-state index contributed by atoms with van der Waals surface area (Å²) in [5, 5.41) is 4.45. The third kappa shape index (κ3) is 2.56. The van der Waals surface area contributed by atoms with E-state index in [4.69, 9.17) is 4.74 Å². The van der Waals surface area contributed by atoms with Crippen molar-refractivity contribution in [2.45, 2.75) is 13.8 Å². The summed E-state index contributed by atoms with van der Waals surface area (Å²) < 4.78 is 7.19. The number of morpholine rings is 1. The predicted octanol–water partition coefficient (Wildman–Crippen LogP) is 2.14. The van der Waals surface area contributed by atoms with Crippen molar-refractivity contribution in [3.8, 4) is 5.69 Å². The minimum Gasteiger partial charge on any atom is -0.378 e. The number of aryl methyl sites for hydroxylation is 1. The number of hydrogen-bond acceptors (Lipinski definition) is 4. The van der Waals surface area contributed by atoms with Gasteiger partial charge < -0.3 is 9.64 Å². The number of carbonyl (C=O) groups is 1. The summed E-state index contributed by atoms with van der Waals surface area (Å²) in [7, 11) is 0. The summed E-state index contributed by atoms with van der Waals surface area (Å²) in [6, 6.07) is 8.27. The Kier molecular flexibility index (Phi) is 3.75. The molecule has 1 aromatic heterocycles. The molecule has 21 heavy (non-hydrogen) atoms. The second-order valence-corrected chi connectivity index (χ2v) is 5.23. The molecule has 2 heterocycles. The quantitative estimate of drug-likeness (QED) is 0.811. The Morgan fingerprint density at radius 2 is 1.71 bits per heavy atom. The van der Waals surface area contributed by atoms with Gasteiger partial charge in [-0.05, 0) is 38.1 Å². The Morgan fingerprint density at radius 3 is 2.29 bits per heavy atom. The Morgan fingerprint density at radius 1 is 1.10 bits per heavy atom. The molecule has 1 aliphatic heterocycles. The lowest BCUT2D eigenvalue weighted by atomic mass is 10.2. The fourth-order valence-electron chi connectivity index (χ4n) is 2.70. The molecular weight excluding hydrogens is 266 g/mol. The Bertz CT molecular complexity index is 640. The lowest BCUT2D eigenvalue weighted by Gasteiger charge is -2.28. The highest BCUT2D eigenvalue weighted by Crippen LogP contribution is 2.21. The van der Waals surface area contributed by atoms with Gasteiger partial charge in [-0.1, -0.05) is 0 Å². The van der Waals surface area contributed by atoms with E-state index >= 15 is 0 Å². The van der Waals surface area contributed by atoms with Crippen LogP contribution in [0.15, 0.2) is 24.3 Å². The molecule has 0 amide bonds. The molecule has 3 rings (SSSR count). The van der Waals surface area contributed by atoms with Gasteiger partial charge in [0.1, 0.15) is 0 Å². The van der Waals surface area contributed by atoms with Gasteiger partial charge in [0.05, 0.1) is 35.9 Å². The molecule has 110 valence electrons. The zero-order chi connectivity index (χ0) is 14.8. The van der Waals surface area contributed by atoms with E-state index < -0.39 is 0 Å². The Balaban J connectivity index is 1.88. The lowest BCUT2D eigenvalue weighted by molar-refractivity contribution is 0.112. The van der Waals surface area contributed by atoms with Gasteiger partial charge in [-0.15, -0.1) is 0 Å². The van der Waals surface area contributed by atoms with Crippen molar-refractivity contribution < 1.29 is 9.53 Å². The monoisotopic (exact) mass is 285 g/mol. The zero-order valence-electron chi connectivity index (χ0n) is 12.4. The number of ether oxygens (including phenoxy) is 1. The van der Waals surface area contributed by atoms with Crippen LogP contribution in [-0.4, -0.2) is 42.4 Å². The normalized spacial score (nSPS) is 15.2. The highest BCUT2D eigenvalue weighted by atomic mass is 16.5. The number of nitrogens with zero attached hydrogens (tertiary/aromatic N) is 3. The van der Waals surface area contributed by atoms with Crippen LogP contribution in [0, 0.1) is 13.8 Å². The summed E-state index contributed by atoms with van der Waals surface area (Å²) in [4.78, 5) is 13.4. The molecule has 0 bridgehead atoms. The van der Waals surface area contributed by atoms with Crippen molar-refractivity contribution in [3.05, 3.63) is 41.2 Å². The Labute approximate surface area is 124 Å². The van der Waals surface area contributed by atoms with E-state index in [0.717, 1.165) is 49.7 Å². The van der Waals surface area contributed by atoms with Crippen LogP contribution in [0.4, 0.5) is 5.69 Å². The maximum absolute atomic E-state index is 11.1. The van der Waals surface area contributed by atoms with Gasteiger partial charge in [-0.3, -0.25) is 4.79 Å². The molecular formula is C16H19N3O2. The van der Waals surface area contributed by atoms with Crippen molar-refractivity contribution in [1.29, 1.82) is 0 Å². The fraction of sp³-hybridized carbons (Fsp3) is 0.375. The maximum atomic E-state index is 11.1. The maximum Gasteiger partial charge on any atom is 0.153 e. The largest absolute Gasteiger partial charge is 0.378 e. The molecule has 0 saturated carbocycles. The standard InChI is InChI=1S/C16H19N3O2/c1-12-16(11-20)13(2)19(17-12)15-5-3-14(4-6-15)18-7-9-21-10-8-18/h3-6,11H,7-10H2,1-2H3. The van der Waals surface area contributed by atoms with Crippen LogP contribution in [0.3, 0.4) is 0 Å². The number of aldehydes is 1. The molecule has 1 saturated heterocycles. The van der Waals surface area contributed by atoms with Crippen molar-refractivity contribution in [2.24, 2.45) is 0 Å². The molecule has 0 unspecified atom stereocenters. The van der Waals surface area contributed by atoms with Gasteiger partial charge in [0.25, 0.3) is 0 Å². The first-order chi connectivity index (χ1) is 10.2. The summed E-state index contributed by atoms with van der Waals surface area (Å²) in [6.07, 6.45) is 0.871. The summed E-state index contributed by atoms with van der Waals surface area (Å²) in [5.74, 6) is 0. The van der Waals surface area contributed by atoms with Crippen LogP contribution in [0.25, 0.3) is 5.69 Å². The molecule has 1 aromatic carbocycles. The molecule has 0 N–H and O–H groups in total. The van der Waals surface area contributed by atoms with Crippen molar-refractivity contribution in [3.63, 3.8) is 0 Å². The smallest absolute Gasteiger partial charge is 0.153 e. The SMILES string of the molecule is Cc1nn(-c2ccc(N3CCOCC3)cc2)c(C)c1C=O. The number of carbonyl (C=O) groups excluding carboxylic acids is 1. The van der Waals surface area contributed by atoms with Gasteiger partial charge in [-0.2, -0.15) is 5.10 Å². The number of hydrogen-bond donors (Lipinski definition) is 0. The van der Waals surface area contributed by atoms with Crippen LogP contribution in [0.1, 0.15) is 21.7 Å². The first-order valence-electron chi connectivity index (χ1n) is 7.15. The topological polar surface area (TPSA) is 47.4 Å². The molecule has 2 aromatic rings. The number of rotatable bonds is 3. The fourth-order valence-corrected chi connectivity index (χ4v) is 2.70. The molecule has 1 aliphatic rings. The zero-order valence-corrected chi connectivity index (χ0v) is 12.4. The second kappa shape index (κ2) is 5.69. The first-order valence-corrected chi connectivity index (χ1v) is 7.15. The molecule has 0 radical (unpaired) electrons. The third-order valence-electron chi connectivity index (χ3n) is 3.94. The van der Waals surface area contributed by atoms with Gasteiger partial charge in [0.15, 0.2) is 6.29 Å². The van der Waals surface area contributed by atoms with Gasteiger partial charge >= 0.3 is 0 Å². The van der Waals surface area contributed by atoms with Crippen LogP contribution in [0.5, 0.6) is 0 Å². The molecule has 0 aliphatic carbocycles. The van der Waals surface area contributed by atoms with E-state index in [9.17, 15) is 4.79 Å². The minimum absolute atomic E-state index is 0.673. The average molecular weight is 285 g/mol. The Hall–Kier alpha value is -2.14. The van der Waals surface area contributed by atoms with Crippen LogP contribution in [0.2, 0.25) is 0 Å². The van der Waals surface area contributed by atoms with Gasteiger partial charge in [0, 0.05) is 18.8 Å². The van der Waals surface area contributed by atoms with E-state index in [1.807, 2.05) is 30.7 Å². The lowest BCUT2D eigenvalue weighted by Crippen LogP contribution is -2.36. The van der Waals surface area contributed by atoms with E-state index in [1.54, 1.807) is 0 Å². The van der Waals surface area contributed by atoms with Crippen molar-refractivity contribution in [1.82, 2.24) is 9.78 Å². The van der Waals surface area contributed by atoms with E-state index in [2.05, 4.69) is 22.1 Å². The van der Waals surface area contributed by atoms with Crippen molar-refractivity contribution in [2.75, 3.05) is 31.2 Å². The minimum atomic E-state index is 0.673. The number of anilines is 1. The molecule has 5 heteroatoms. The molecule has 0 spiro atoms. The molecule has 0 atom stereocenters. The van der Waals surface area contributed by atoms with Crippen LogP contribution in [-0.2, 0) is 4.74 Å². The summed E-state index contributed by atoms with van der Waals surface area (Å²) >= 11 is 0. The number of benzene rings is 1. The summed E-state index contributed by atoms with van der Waals surface area (Å²) in [5.41, 5.74) is 4.48. The van der Waals surface area contributed by atoms with E-state index in [0.29, 0.717) is 5.56 Å². The predicted molar refractivity (Wildman–Crippen MR) is 81.5 cm³/mol. The molecule has 1 fully saturated rings. The number of aromatic nitrogens is 2. The highest BCUT2D eigenvalue weighted by molar-refractivity contribution is 5.78. The van der Waals surface area contributed by atoms with E-state index in [1.165, 1.54) is 5.69 Å². The van der Waals surface area contributed by atoms with Gasteiger partial charge in [0.2, 0.25) is 0 Å². The first kappa shape index (κ1) is 13.8.